The maximum absolute atomic E-state index is 12.3. The smallest absolute Gasteiger partial charge is 0.327 e. The number of allylic oxidation sites excluding steroid dienone is 1. The highest BCUT2D eigenvalue weighted by Gasteiger charge is 2.23. The monoisotopic (exact) mass is 510 g/mol. The van der Waals surface area contributed by atoms with Crippen molar-refractivity contribution in [3.8, 4) is 0 Å². The number of likely N-dealkylation sites (tertiary alicyclic amines) is 1. The van der Waals surface area contributed by atoms with Gasteiger partial charge in [-0.25, -0.2) is 9.59 Å². The van der Waals surface area contributed by atoms with Crippen LogP contribution < -0.4 is 5.32 Å². The van der Waals surface area contributed by atoms with Gasteiger partial charge < -0.3 is 15.3 Å². The molecule has 0 aromatic rings. The second kappa shape index (κ2) is 19.0. The Kier molecular flexibility index (Phi) is 17.3. The quantitative estimate of drug-likeness (QED) is 0.146. The van der Waals surface area contributed by atoms with Crippen molar-refractivity contribution in [1.82, 2.24) is 10.2 Å². The molecule has 0 saturated carbocycles. The number of amides is 2. The molecule has 0 bridgehead atoms. The van der Waals surface area contributed by atoms with Crippen LogP contribution in [0.3, 0.4) is 0 Å². The molecule has 0 spiro atoms. The third-order valence-corrected chi connectivity index (χ3v) is 8.18. The minimum Gasteiger partial charge on any atom is -0.480 e. The molecule has 0 radical (unpaired) electrons. The predicted octanol–water partition coefficient (Wildman–Crippen LogP) is 7.75. The molecule has 1 aliphatic heterocycles. The molecule has 3 atom stereocenters. The molecular formula is C29H54N2O3S. The lowest BCUT2D eigenvalue weighted by Gasteiger charge is -2.28. The van der Waals surface area contributed by atoms with Crippen molar-refractivity contribution in [3.63, 3.8) is 0 Å². The summed E-state index contributed by atoms with van der Waals surface area (Å²) < 4.78 is 0. The Balaban J connectivity index is 2.15. The van der Waals surface area contributed by atoms with E-state index in [0.717, 1.165) is 62.3 Å². The van der Waals surface area contributed by atoms with E-state index in [9.17, 15) is 14.7 Å². The number of rotatable bonds is 18. The Hall–Kier alpha value is -1.17. The standard InChI is InChI=1S/C29H54N2O3S/c1-23(2)12-9-13-24(3)14-10-15-25(4)16-11-17-26(5)18-21-35-22-27(28(32)33)30-29(34)31-19-7-6-8-20-31/h18,23-25,27H,6-17,19-22H2,1-5H3,(H,30,34)(H,32,33)/b26-18+. The van der Waals surface area contributed by atoms with Crippen LogP contribution in [-0.2, 0) is 4.79 Å². The van der Waals surface area contributed by atoms with Crippen molar-refractivity contribution < 1.29 is 14.7 Å². The molecule has 3 unspecified atom stereocenters. The van der Waals surface area contributed by atoms with Gasteiger partial charge in [-0.15, -0.1) is 0 Å². The Bertz CT molecular complexity index is 617. The molecule has 35 heavy (non-hydrogen) atoms. The van der Waals surface area contributed by atoms with Gasteiger partial charge in [-0.1, -0.05) is 84.3 Å². The first-order valence-electron chi connectivity index (χ1n) is 14.2. The van der Waals surface area contributed by atoms with Gasteiger partial charge in [0.05, 0.1) is 0 Å². The molecule has 1 heterocycles. The van der Waals surface area contributed by atoms with Crippen LogP contribution in [0.5, 0.6) is 0 Å². The first kappa shape index (κ1) is 31.9. The number of hydrogen-bond acceptors (Lipinski definition) is 3. The highest BCUT2D eigenvalue weighted by Crippen LogP contribution is 2.22. The zero-order valence-electron chi connectivity index (χ0n) is 23.3. The fraction of sp³-hybridized carbons (Fsp3) is 0.862. The molecule has 0 aliphatic carbocycles. The Labute approximate surface area is 220 Å². The van der Waals surface area contributed by atoms with E-state index in [2.05, 4.69) is 46.0 Å². The molecule has 1 rings (SSSR count). The average molecular weight is 511 g/mol. The fourth-order valence-corrected chi connectivity index (χ4v) is 5.71. The van der Waals surface area contributed by atoms with E-state index >= 15 is 0 Å². The molecule has 1 fully saturated rings. The number of urea groups is 1. The highest BCUT2D eigenvalue weighted by molar-refractivity contribution is 7.99. The van der Waals surface area contributed by atoms with Crippen molar-refractivity contribution >= 4 is 23.8 Å². The lowest BCUT2D eigenvalue weighted by molar-refractivity contribution is -0.138. The summed E-state index contributed by atoms with van der Waals surface area (Å²) in [6.45, 7) is 13.1. The summed E-state index contributed by atoms with van der Waals surface area (Å²) in [5.41, 5.74) is 1.38. The first-order chi connectivity index (χ1) is 16.7. The average Bonchev–Trinajstić information content (AvgIpc) is 2.81. The minimum absolute atomic E-state index is 0.237. The van der Waals surface area contributed by atoms with Gasteiger partial charge in [-0.2, -0.15) is 11.8 Å². The number of aliphatic carboxylic acids is 1. The van der Waals surface area contributed by atoms with Gasteiger partial charge in [-0.05, 0) is 56.8 Å². The maximum atomic E-state index is 12.3. The molecule has 6 heteroatoms. The van der Waals surface area contributed by atoms with Crippen molar-refractivity contribution in [2.45, 2.75) is 118 Å². The van der Waals surface area contributed by atoms with E-state index < -0.39 is 12.0 Å². The van der Waals surface area contributed by atoms with Crippen LogP contribution in [0, 0.1) is 17.8 Å². The SMILES string of the molecule is C/C(=C\CSCC(NC(=O)N1CCCCC1)C(=O)O)CCCC(C)CCCC(C)CCCC(C)C. The van der Waals surface area contributed by atoms with Crippen molar-refractivity contribution in [1.29, 1.82) is 0 Å². The van der Waals surface area contributed by atoms with Crippen molar-refractivity contribution in [3.05, 3.63) is 11.6 Å². The Morgan fingerprint density at radius 3 is 2.06 bits per heavy atom. The molecule has 204 valence electrons. The number of nitrogens with one attached hydrogen (secondary N) is 1. The van der Waals surface area contributed by atoms with E-state index in [1.807, 2.05) is 0 Å². The van der Waals surface area contributed by atoms with Crippen LogP contribution in [0.2, 0.25) is 0 Å². The molecule has 0 aromatic carbocycles. The van der Waals surface area contributed by atoms with Crippen LogP contribution in [0.1, 0.15) is 112 Å². The van der Waals surface area contributed by atoms with E-state index in [1.165, 1.54) is 56.9 Å². The molecule has 0 aromatic heterocycles. The molecule has 1 aliphatic rings. The van der Waals surface area contributed by atoms with Gasteiger partial charge in [0, 0.05) is 24.6 Å². The second-order valence-electron chi connectivity index (χ2n) is 11.3. The van der Waals surface area contributed by atoms with Gasteiger partial charge in [0.15, 0.2) is 0 Å². The van der Waals surface area contributed by atoms with E-state index in [1.54, 1.807) is 16.7 Å². The largest absolute Gasteiger partial charge is 0.480 e. The summed E-state index contributed by atoms with van der Waals surface area (Å²) in [6.07, 6.45) is 17.2. The number of carbonyl (C=O) groups is 2. The van der Waals surface area contributed by atoms with Crippen LogP contribution in [-0.4, -0.2) is 52.6 Å². The summed E-state index contributed by atoms with van der Waals surface area (Å²) in [5.74, 6) is 2.72. The van der Waals surface area contributed by atoms with Crippen LogP contribution in [0.15, 0.2) is 11.6 Å². The van der Waals surface area contributed by atoms with Crippen molar-refractivity contribution in [2.24, 2.45) is 17.8 Å². The third-order valence-electron chi connectivity index (χ3n) is 7.21. The highest BCUT2D eigenvalue weighted by atomic mass is 32.2. The van der Waals surface area contributed by atoms with Crippen LogP contribution in [0.25, 0.3) is 0 Å². The maximum Gasteiger partial charge on any atom is 0.327 e. The van der Waals surface area contributed by atoms with Gasteiger partial charge in [0.25, 0.3) is 0 Å². The summed E-state index contributed by atoms with van der Waals surface area (Å²) in [7, 11) is 0. The van der Waals surface area contributed by atoms with Gasteiger partial charge in [-0.3, -0.25) is 0 Å². The zero-order chi connectivity index (χ0) is 26.1. The zero-order valence-corrected chi connectivity index (χ0v) is 24.1. The fourth-order valence-electron chi connectivity index (χ4n) is 4.71. The predicted molar refractivity (Wildman–Crippen MR) is 151 cm³/mol. The van der Waals surface area contributed by atoms with Gasteiger partial charge >= 0.3 is 12.0 Å². The third kappa shape index (κ3) is 16.2. The normalized spacial score (nSPS) is 17.3. The van der Waals surface area contributed by atoms with E-state index in [0.29, 0.717) is 5.75 Å². The number of carboxylic acids is 1. The van der Waals surface area contributed by atoms with E-state index in [-0.39, 0.29) is 6.03 Å². The number of carbonyl (C=O) groups excluding carboxylic acids is 1. The summed E-state index contributed by atoms with van der Waals surface area (Å²) >= 11 is 1.58. The minimum atomic E-state index is -0.956. The molecule has 5 nitrogen and oxygen atoms in total. The number of piperidine rings is 1. The number of hydrogen-bond donors (Lipinski definition) is 2. The number of thioether (sulfide) groups is 1. The molecule has 1 saturated heterocycles. The molecule has 2 amide bonds. The topological polar surface area (TPSA) is 69.6 Å². The molecule has 2 N–H and O–H groups in total. The summed E-state index contributed by atoms with van der Waals surface area (Å²) in [5, 5.41) is 12.2. The van der Waals surface area contributed by atoms with Crippen LogP contribution >= 0.6 is 11.8 Å². The number of nitrogens with zero attached hydrogens (tertiary/aromatic N) is 1. The lowest BCUT2D eigenvalue weighted by Crippen LogP contribution is -2.50. The number of carboxylic acid groups (broad SMARTS) is 1. The molecular weight excluding hydrogens is 456 g/mol. The Morgan fingerprint density at radius 2 is 1.49 bits per heavy atom. The first-order valence-corrected chi connectivity index (χ1v) is 15.4. The lowest BCUT2D eigenvalue weighted by atomic mass is 9.91. The van der Waals surface area contributed by atoms with Gasteiger partial charge in [0.2, 0.25) is 0 Å². The van der Waals surface area contributed by atoms with Gasteiger partial charge in [0.1, 0.15) is 6.04 Å². The summed E-state index contributed by atoms with van der Waals surface area (Å²) in [4.78, 5) is 25.6. The summed E-state index contributed by atoms with van der Waals surface area (Å²) in [6, 6.07) is -1.07. The second-order valence-corrected chi connectivity index (χ2v) is 12.4. The van der Waals surface area contributed by atoms with Crippen molar-refractivity contribution in [2.75, 3.05) is 24.6 Å². The van der Waals surface area contributed by atoms with E-state index in [4.69, 9.17) is 0 Å². The van der Waals surface area contributed by atoms with Crippen LogP contribution in [0.4, 0.5) is 4.79 Å². The Morgan fingerprint density at radius 1 is 0.914 bits per heavy atom.